The number of aliphatic carboxylic acids is 1. The minimum absolute atomic E-state index is 0.937. The van der Waals surface area contributed by atoms with Crippen LogP contribution >= 0.6 is 0 Å². The van der Waals surface area contributed by atoms with Gasteiger partial charge in [-0.05, 0) is 7.05 Å². The average Bonchev–Trinajstić information content (AvgIpc) is 1.60. The third-order valence-electron chi connectivity index (χ3n) is 0.863. The number of halogens is 3. The van der Waals surface area contributed by atoms with Crippen LogP contribution < -0.4 is 5.32 Å². The van der Waals surface area contributed by atoms with Gasteiger partial charge in [0.15, 0.2) is 0 Å². The molecule has 0 aliphatic carbocycles. The summed E-state index contributed by atoms with van der Waals surface area (Å²) in [5, 5.41) is 9.54. The number of carboxylic acids is 1. The molecule has 0 radical (unpaired) electrons. The van der Waals surface area contributed by atoms with E-state index in [1.54, 1.807) is 5.32 Å². The van der Waals surface area contributed by atoms with Crippen LogP contribution in [0, 0.1) is 0 Å². The molecule has 0 saturated carbocycles. The number of carbonyl (C=O) groups is 1. The second-order valence-corrected chi connectivity index (χ2v) is 1.60. The molecule has 60 valence electrons. The molecule has 2 N–H and O–H groups in total. The van der Waals surface area contributed by atoms with Crippen molar-refractivity contribution in [1.29, 1.82) is 0 Å². The van der Waals surface area contributed by atoms with E-state index in [0.29, 0.717) is 0 Å². The lowest BCUT2D eigenvalue weighted by atomic mass is 10.3. The van der Waals surface area contributed by atoms with Gasteiger partial charge in [-0.25, -0.2) is 0 Å². The first-order valence-electron chi connectivity index (χ1n) is 2.36. The van der Waals surface area contributed by atoms with E-state index in [0.717, 1.165) is 7.05 Å². The van der Waals surface area contributed by atoms with E-state index in [1.165, 1.54) is 0 Å². The number of nitrogens with one attached hydrogen (secondary N) is 1. The SMILES string of the molecule is CNC(C(=O)O)C(F)(F)F. The maximum Gasteiger partial charge on any atom is 0.414 e. The fourth-order valence-corrected chi connectivity index (χ4v) is 0.427. The van der Waals surface area contributed by atoms with Crippen LogP contribution in [0.1, 0.15) is 0 Å². The van der Waals surface area contributed by atoms with E-state index in [4.69, 9.17) is 5.11 Å². The van der Waals surface area contributed by atoms with Crippen LogP contribution in [0.15, 0.2) is 0 Å². The lowest BCUT2D eigenvalue weighted by Crippen LogP contribution is -2.46. The van der Waals surface area contributed by atoms with Crippen LogP contribution in [0.2, 0.25) is 0 Å². The van der Waals surface area contributed by atoms with Gasteiger partial charge < -0.3 is 5.11 Å². The largest absolute Gasteiger partial charge is 0.480 e. The number of hydrogen-bond acceptors (Lipinski definition) is 2. The number of likely N-dealkylation sites (N-methyl/N-ethyl adjacent to an activating group) is 1. The van der Waals surface area contributed by atoms with Gasteiger partial charge in [-0.15, -0.1) is 0 Å². The molecule has 6 heteroatoms. The number of alkyl halides is 3. The van der Waals surface area contributed by atoms with E-state index in [9.17, 15) is 18.0 Å². The monoisotopic (exact) mass is 157 g/mol. The summed E-state index contributed by atoms with van der Waals surface area (Å²) in [7, 11) is 0.937. The molecule has 0 aromatic heterocycles. The zero-order valence-electron chi connectivity index (χ0n) is 5.07. The molecule has 1 atom stereocenters. The van der Waals surface area contributed by atoms with Crippen molar-refractivity contribution < 1.29 is 23.1 Å². The molecule has 0 saturated heterocycles. The maximum absolute atomic E-state index is 11.5. The highest BCUT2D eigenvalue weighted by atomic mass is 19.4. The highest BCUT2D eigenvalue weighted by Crippen LogP contribution is 2.19. The van der Waals surface area contributed by atoms with Gasteiger partial charge in [-0.3, -0.25) is 10.1 Å². The summed E-state index contributed by atoms with van der Waals surface area (Å²) in [6.07, 6.45) is -4.72. The lowest BCUT2D eigenvalue weighted by Gasteiger charge is -2.13. The van der Waals surface area contributed by atoms with Crippen molar-refractivity contribution in [2.45, 2.75) is 12.2 Å². The minimum atomic E-state index is -4.72. The van der Waals surface area contributed by atoms with Gasteiger partial charge in [0.2, 0.25) is 6.04 Å². The van der Waals surface area contributed by atoms with Gasteiger partial charge in [0.05, 0.1) is 0 Å². The second kappa shape index (κ2) is 2.87. The molecule has 3 nitrogen and oxygen atoms in total. The van der Waals surface area contributed by atoms with E-state index in [-0.39, 0.29) is 0 Å². The molecule has 0 heterocycles. The molecule has 0 bridgehead atoms. The molecule has 0 fully saturated rings. The van der Waals surface area contributed by atoms with Gasteiger partial charge in [0.1, 0.15) is 0 Å². The Morgan fingerprint density at radius 3 is 2.00 bits per heavy atom. The van der Waals surface area contributed by atoms with E-state index >= 15 is 0 Å². The quantitative estimate of drug-likeness (QED) is 0.602. The Balaban J connectivity index is 4.22. The van der Waals surface area contributed by atoms with Crippen LogP contribution in [-0.4, -0.2) is 30.3 Å². The van der Waals surface area contributed by atoms with Crippen molar-refractivity contribution in [3.63, 3.8) is 0 Å². The normalized spacial score (nSPS) is 14.8. The van der Waals surface area contributed by atoms with Crippen molar-refractivity contribution in [3.05, 3.63) is 0 Å². The fraction of sp³-hybridized carbons (Fsp3) is 0.750. The van der Waals surface area contributed by atoms with E-state index < -0.39 is 18.2 Å². The van der Waals surface area contributed by atoms with Crippen molar-refractivity contribution >= 4 is 5.97 Å². The summed E-state index contributed by atoms with van der Waals surface area (Å²) >= 11 is 0. The molecule has 0 spiro atoms. The molecular weight excluding hydrogens is 151 g/mol. The zero-order chi connectivity index (χ0) is 8.36. The third-order valence-corrected chi connectivity index (χ3v) is 0.863. The Kier molecular flexibility index (Phi) is 2.65. The molecule has 0 aliphatic rings. The molecule has 0 aromatic rings. The maximum atomic E-state index is 11.5. The summed E-state index contributed by atoms with van der Waals surface area (Å²) < 4.78 is 34.6. The summed E-state index contributed by atoms with van der Waals surface area (Å²) in [6.45, 7) is 0. The topological polar surface area (TPSA) is 49.3 Å². The van der Waals surface area contributed by atoms with Gasteiger partial charge in [-0.1, -0.05) is 0 Å². The van der Waals surface area contributed by atoms with Crippen LogP contribution in [-0.2, 0) is 4.79 Å². The van der Waals surface area contributed by atoms with Gasteiger partial charge in [-0.2, -0.15) is 13.2 Å². The predicted molar refractivity (Wildman–Crippen MR) is 26.5 cm³/mol. The Labute approximate surface area is 54.8 Å². The highest BCUT2D eigenvalue weighted by Gasteiger charge is 2.43. The third kappa shape index (κ3) is 2.22. The summed E-state index contributed by atoms with van der Waals surface area (Å²) in [5.74, 6) is -1.92. The average molecular weight is 157 g/mol. The summed E-state index contributed by atoms with van der Waals surface area (Å²) in [6, 6.07) is -2.47. The Morgan fingerprint density at radius 1 is 1.60 bits per heavy atom. The minimum Gasteiger partial charge on any atom is -0.480 e. The van der Waals surface area contributed by atoms with E-state index in [1.807, 2.05) is 0 Å². The predicted octanol–water partition coefficient (Wildman–Crippen LogP) is 0.221. The van der Waals surface area contributed by atoms with Gasteiger partial charge in [0, 0.05) is 0 Å². The van der Waals surface area contributed by atoms with Gasteiger partial charge in [0.25, 0.3) is 0 Å². The lowest BCUT2D eigenvalue weighted by molar-refractivity contribution is -0.179. The Hall–Kier alpha value is -0.780. The van der Waals surface area contributed by atoms with Crippen molar-refractivity contribution in [3.8, 4) is 0 Å². The first-order valence-corrected chi connectivity index (χ1v) is 2.36. The van der Waals surface area contributed by atoms with Crippen molar-refractivity contribution in [1.82, 2.24) is 5.32 Å². The Bertz CT molecular complexity index is 133. The second-order valence-electron chi connectivity index (χ2n) is 1.60. The highest BCUT2D eigenvalue weighted by molar-refractivity contribution is 5.74. The van der Waals surface area contributed by atoms with Crippen LogP contribution in [0.25, 0.3) is 0 Å². The molecule has 0 aromatic carbocycles. The zero-order valence-corrected chi connectivity index (χ0v) is 5.07. The number of carboxylic acid groups (broad SMARTS) is 1. The van der Waals surface area contributed by atoms with E-state index in [2.05, 4.69) is 0 Å². The van der Waals surface area contributed by atoms with Crippen molar-refractivity contribution in [2.75, 3.05) is 7.05 Å². The Morgan fingerprint density at radius 2 is 2.00 bits per heavy atom. The number of rotatable bonds is 2. The first-order chi connectivity index (χ1) is 4.39. The standard InChI is InChI=1S/C4H6F3NO2/c1-8-2(3(9)10)4(5,6)7/h2,8H,1H3,(H,9,10). The molecule has 0 rings (SSSR count). The summed E-state index contributed by atoms with van der Waals surface area (Å²) in [5.41, 5.74) is 0. The molecule has 10 heavy (non-hydrogen) atoms. The molecule has 0 aliphatic heterocycles. The summed E-state index contributed by atoms with van der Waals surface area (Å²) in [4.78, 5) is 9.79. The molecule has 0 amide bonds. The van der Waals surface area contributed by atoms with Crippen LogP contribution in [0.5, 0.6) is 0 Å². The first kappa shape index (κ1) is 9.22. The molecular formula is C4H6F3NO2. The smallest absolute Gasteiger partial charge is 0.414 e. The van der Waals surface area contributed by atoms with Crippen LogP contribution in [0.4, 0.5) is 13.2 Å². The number of hydrogen-bond donors (Lipinski definition) is 2. The van der Waals surface area contributed by atoms with Crippen LogP contribution in [0.3, 0.4) is 0 Å². The van der Waals surface area contributed by atoms with Gasteiger partial charge >= 0.3 is 12.1 Å². The molecule has 1 unspecified atom stereocenters. The van der Waals surface area contributed by atoms with Crippen molar-refractivity contribution in [2.24, 2.45) is 0 Å². The fourth-order valence-electron chi connectivity index (χ4n) is 0.427.